The van der Waals surface area contributed by atoms with Gasteiger partial charge in [-0.2, -0.15) is 0 Å². The molecule has 1 aromatic heterocycles. The van der Waals surface area contributed by atoms with Crippen LogP contribution in [-0.2, 0) is 6.54 Å². The average Bonchev–Trinajstić information content (AvgIpc) is 2.63. The fraction of sp³-hybridized carbons (Fsp3) is 0.500. The van der Waals surface area contributed by atoms with Crippen molar-refractivity contribution in [2.75, 3.05) is 26.3 Å². The second-order valence-corrected chi connectivity index (χ2v) is 6.27. The van der Waals surface area contributed by atoms with Gasteiger partial charge in [-0.25, -0.2) is 9.97 Å². The summed E-state index contributed by atoms with van der Waals surface area (Å²) in [6.45, 7) is 8.34. The molecule has 0 N–H and O–H groups in total. The summed E-state index contributed by atoms with van der Waals surface area (Å²) in [6, 6.07) is 9.09. The number of piperidine rings is 1. The van der Waals surface area contributed by atoms with E-state index in [1.807, 2.05) is 19.9 Å². The lowest BCUT2D eigenvalue weighted by atomic mass is 9.95. The summed E-state index contributed by atoms with van der Waals surface area (Å²) in [7, 11) is 0. The quantitative estimate of drug-likeness (QED) is 0.772. The van der Waals surface area contributed by atoms with E-state index in [9.17, 15) is 0 Å². The fourth-order valence-electron chi connectivity index (χ4n) is 3.31. The minimum atomic E-state index is 0.458. The topological polar surface area (TPSA) is 47.5 Å². The number of likely N-dealkylation sites (tertiary alicyclic amines) is 1. The van der Waals surface area contributed by atoms with Crippen LogP contribution in [-0.4, -0.2) is 41.2 Å². The molecule has 133 valence electrons. The van der Waals surface area contributed by atoms with Crippen LogP contribution in [0.1, 0.15) is 44.0 Å². The van der Waals surface area contributed by atoms with Crippen LogP contribution in [0.2, 0.25) is 0 Å². The maximum absolute atomic E-state index is 5.68. The predicted molar refractivity (Wildman–Crippen MR) is 96.9 cm³/mol. The Morgan fingerprint density at radius 1 is 1.00 bits per heavy atom. The van der Waals surface area contributed by atoms with Crippen molar-refractivity contribution < 1.29 is 9.47 Å². The number of aromatic nitrogens is 2. The number of ether oxygens (including phenoxy) is 2. The summed E-state index contributed by atoms with van der Waals surface area (Å²) in [5, 5.41) is 0. The Hall–Kier alpha value is -2.14. The van der Waals surface area contributed by atoms with Crippen LogP contribution in [0.4, 0.5) is 0 Å². The van der Waals surface area contributed by atoms with Gasteiger partial charge in [-0.05, 0) is 57.5 Å². The first kappa shape index (κ1) is 17.7. The normalized spacial score (nSPS) is 15.9. The molecule has 5 heteroatoms. The summed E-state index contributed by atoms with van der Waals surface area (Å²) in [5.74, 6) is 3.18. The first-order chi connectivity index (χ1) is 12.3. The van der Waals surface area contributed by atoms with Crippen LogP contribution in [0.15, 0.2) is 30.6 Å². The van der Waals surface area contributed by atoms with E-state index in [-0.39, 0.29) is 0 Å². The lowest BCUT2D eigenvalue weighted by Crippen LogP contribution is -2.33. The van der Waals surface area contributed by atoms with E-state index >= 15 is 0 Å². The first-order valence-electron chi connectivity index (χ1n) is 9.08. The van der Waals surface area contributed by atoms with Crippen LogP contribution in [0.25, 0.3) is 0 Å². The Kier molecular flexibility index (Phi) is 6.23. The van der Waals surface area contributed by atoms with Crippen LogP contribution in [0.5, 0.6) is 11.5 Å². The molecule has 1 aliphatic heterocycles. The van der Waals surface area contributed by atoms with E-state index in [2.05, 4.69) is 33.1 Å². The molecule has 1 radical (unpaired) electrons. The molecule has 0 amide bonds. The van der Waals surface area contributed by atoms with Crippen LogP contribution in [0, 0.1) is 6.07 Å². The summed E-state index contributed by atoms with van der Waals surface area (Å²) >= 11 is 0. The fourth-order valence-corrected chi connectivity index (χ4v) is 3.31. The molecule has 5 nitrogen and oxygen atoms in total. The Morgan fingerprint density at radius 2 is 1.60 bits per heavy atom. The van der Waals surface area contributed by atoms with Crippen molar-refractivity contribution in [1.82, 2.24) is 14.9 Å². The van der Waals surface area contributed by atoms with Gasteiger partial charge in [0.2, 0.25) is 0 Å². The molecule has 1 aromatic carbocycles. The molecule has 0 bridgehead atoms. The van der Waals surface area contributed by atoms with E-state index in [0.717, 1.165) is 49.8 Å². The van der Waals surface area contributed by atoms with Gasteiger partial charge in [0.1, 0.15) is 17.3 Å². The largest absolute Gasteiger partial charge is 0.494 e. The Balaban J connectivity index is 1.61. The van der Waals surface area contributed by atoms with Gasteiger partial charge in [0.25, 0.3) is 0 Å². The predicted octanol–water partition coefficient (Wildman–Crippen LogP) is 3.45. The highest BCUT2D eigenvalue weighted by Crippen LogP contribution is 2.28. The zero-order chi connectivity index (χ0) is 17.5. The van der Waals surface area contributed by atoms with Gasteiger partial charge < -0.3 is 9.47 Å². The van der Waals surface area contributed by atoms with E-state index in [4.69, 9.17) is 9.47 Å². The van der Waals surface area contributed by atoms with Gasteiger partial charge in [-0.3, -0.25) is 4.90 Å². The molecule has 1 saturated heterocycles. The summed E-state index contributed by atoms with van der Waals surface area (Å²) in [5.41, 5.74) is 1.23. The third-order valence-electron chi connectivity index (χ3n) is 4.46. The standard InChI is InChI=1S/C20H26N3O2/c1-3-24-18-12-16(13-19(14-18)25-4-2)15-23-10-6-17(7-11-23)20-21-8-5-9-22-20/h8-9,12-14,17H,3-4,6-7,10-11,15H2,1-2H3. The van der Waals surface area contributed by atoms with Crippen molar-refractivity contribution in [2.45, 2.75) is 39.2 Å². The van der Waals surface area contributed by atoms with Gasteiger partial charge in [0.05, 0.1) is 13.2 Å². The van der Waals surface area contributed by atoms with Gasteiger partial charge >= 0.3 is 0 Å². The molecule has 0 unspecified atom stereocenters. The van der Waals surface area contributed by atoms with Crippen LogP contribution < -0.4 is 9.47 Å². The van der Waals surface area contributed by atoms with Gasteiger partial charge in [0, 0.05) is 37.0 Å². The van der Waals surface area contributed by atoms with Crippen molar-refractivity contribution in [3.05, 3.63) is 48.0 Å². The third kappa shape index (κ3) is 4.92. The lowest BCUT2D eigenvalue weighted by Gasteiger charge is -2.31. The van der Waals surface area contributed by atoms with Crippen LogP contribution in [0.3, 0.4) is 0 Å². The van der Waals surface area contributed by atoms with Crippen molar-refractivity contribution in [1.29, 1.82) is 0 Å². The molecular weight excluding hydrogens is 314 g/mol. The molecule has 2 heterocycles. The van der Waals surface area contributed by atoms with Crippen molar-refractivity contribution in [3.8, 4) is 11.5 Å². The highest BCUT2D eigenvalue weighted by Gasteiger charge is 2.22. The Labute approximate surface area is 150 Å². The summed E-state index contributed by atoms with van der Waals surface area (Å²) in [6.07, 6.45) is 5.60. The maximum atomic E-state index is 5.68. The molecular formula is C20H26N3O2. The Morgan fingerprint density at radius 3 is 2.16 bits per heavy atom. The van der Waals surface area contributed by atoms with Crippen molar-refractivity contribution in [3.63, 3.8) is 0 Å². The molecule has 0 aliphatic carbocycles. The van der Waals surface area contributed by atoms with Crippen molar-refractivity contribution in [2.24, 2.45) is 0 Å². The summed E-state index contributed by atoms with van der Waals surface area (Å²) in [4.78, 5) is 11.2. The maximum Gasteiger partial charge on any atom is 0.131 e. The summed E-state index contributed by atoms with van der Waals surface area (Å²) < 4.78 is 11.4. The zero-order valence-corrected chi connectivity index (χ0v) is 15.1. The minimum absolute atomic E-state index is 0.458. The molecule has 0 saturated carbocycles. The Bertz CT molecular complexity index is 631. The van der Waals surface area contributed by atoms with Gasteiger partial charge in [-0.15, -0.1) is 0 Å². The highest BCUT2D eigenvalue weighted by atomic mass is 16.5. The van der Waals surface area contributed by atoms with Gasteiger partial charge in [-0.1, -0.05) is 0 Å². The number of benzene rings is 1. The highest BCUT2D eigenvalue weighted by molar-refractivity contribution is 5.38. The number of hydrogen-bond acceptors (Lipinski definition) is 5. The van der Waals surface area contributed by atoms with E-state index in [1.165, 1.54) is 5.56 Å². The first-order valence-corrected chi connectivity index (χ1v) is 9.08. The average molecular weight is 340 g/mol. The monoisotopic (exact) mass is 340 g/mol. The lowest BCUT2D eigenvalue weighted by molar-refractivity contribution is 0.201. The second-order valence-electron chi connectivity index (χ2n) is 6.27. The molecule has 2 aromatic rings. The molecule has 0 atom stereocenters. The molecule has 1 fully saturated rings. The van der Waals surface area contributed by atoms with E-state index in [1.54, 1.807) is 12.4 Å². The number of nitrogens with zero attached hydrogens (tertiary/aromatic N) is 3. The third-order valence-corrected chi connectivity index (χ3v) is 4.46. The number of rotatable bonds is 7. The molecule has 1 aliphatic rings. The molecule has 25 heavy (non-hydrogen) atoms. The van der Waals surface area contributed by atoms with Crippen LogP contribution >= 0.6 is 0 Å². The van der Waals surface area contributed by atoms with Crippen molar-refractivity contribution >= 4 is 0 Å². The number of hydrogen-bond donors (Lipinski definition) is 0. The minimum Gasteiger partial charge on any atom is -0.494 e. The smallest absolute Gasteiger partial charge is 0.131 e. The van der Waals surface area contributed by atoms with E-state index in [0.29, 0.717) is 19.1 Å². The molecule has 3 rings (SSSR count). The second kappa shape index (κ2) is 8.81. The zero-order valence-electron chi connectivity index (χ0n) is 15.1. The SMILES string of the molecule is CCOc1cc(CN2CCC(c3nc[c]cn3)CC2)cc(OCC)c1. The van der Waals surface area contributed by atoms with Gasteiger partial charge in [0.15, 0.2) is 0 Å². The van der Waals surface area contributed by atoms with E-state index < -0.39 is 0 Å². The molecule has 0 spiro atoms.